The van der Waals surface area contributed by atoms with Gasteiger partial charge in [0.2, 0.25) is 0 Å². The molecule has 0 atom stereocenters. The van der Waals surface area contributed by atoms with Crippen molar-refractivity contribution >= 4 is 17.3 Å². The first-order valence-corrected chi connectivity index (χ1v) is 7.23. The Bertz CT molecular complexity index is 565. The number of hydrogen-bond donors (Lipinski definition) is 1. The number of hydrogen-bond acceptors (Lipinski definition) is 3. The maximum atomic E-state index is 6.37. The summed E-state index contributed by atoms with van der Waals surface area (Å²) in [6.45, 7) is 6.55. The van der Waals surface area contributed by atoms with Crippen LogP contribution in [0.25, 0.3) is 0 Å². The summed E-state index contributed by atoms with van der Waals surface area (Å²) >= 11 is 6.37. The lowest BCUT2D eigenvalue weighted by Gasteiger charge is -2.20. The minimum Gasteiger partial charge on any atom is -0.464 e. The third-order valence-corrected chi connectivity index (χ3v) is 3.49. The normalized spacial score (nSPS) is 10.8. The van der Waals surface area contributed by atoms with Crippen molar-refractivity contribution < 1.29 is 4.42 Å². The van der Waals surface area contributed by atoms with Crippen LogP contribution in [0.4, 0.5) is 5.69 Å². The molecule has 0 amide bonds. The summed E-state index contributed by atoms with van der Waals surface area (Å²) in [5.74, 6) is 1.87. The van der Waals surface area contributed by atoms with Crippen molar-refractivity contribution in [1.29, 1.82) is 0 Å². The van der Waals surface area contributed by atoms with Gasteiger partial charge >= 0.3 is 0 Å². The predicted octanol–water partition coefficient (Wildman–Crippen LogP) is 3.99. The van der Waals surface area contributed by atoms with Crippen LogP contribution < -0.4 is 10.2 Å². The highest BCUT2D eigenvalue weighted by molar-refractivity contribution is 6.33. The van der Waals surface area contributed by atoms with Gasteiger partial charge in [-0.3, -0.25) is 0 Å². The number of nitrogens with zero attached hydrogens (tertiary/aromatic N) is 1. The maximum Gasteiger partial charge on any atom is 0.123 e. The van der Waals surface area contributed by atoms with E-state index in [4.69, 9.17) is 16.0 Å². The second kappa shape index (κ2) is 6.82. The molecule has 0 unspecified atom stereocenters. The Balaban J connectivity index is 2.07. The molecule has 0 saturated carbocycles. The molecule has 2 rings (SSSR count). The zero-order chi connectivity index (χ0) is 14.5. The number of nitrogens with one attached hydrogen (secondary N) is 1. The summed E-state index contributed by atoms with van der Waals surface area (Å²) in [7, 11) is 2.02. The third kappa shape index (κ3) is 3.78. The molecule has 0 fully saturated rings. The molecule has 1 aromatic carbocycles. The average molecular weight is 293 g/mol. The number of anilines is 1. The van der Waals surface area contributed by atoms with E-state index in [0.29, 0.717) is 6.54 Å². The first kappa shape index (κ1) is 14.9. The minimum atomic E-state index is 0.708. The molecule has 0 saturated heterocycles. The van der Waals surface area contributed by atoms with Crippen LogP contribution in [0.15, 0.2) is 34.7 Å². The minimum absolute atomic E-state index is 0.708. The van der Waals surface area contributed by atoms with Gasteiger partial charge < -0.3 is 14.6 Å². The Morgan fingerprint density at radius 3 is 2.65 bits per heavy atom. The van der Waals surface area contributed by atoms with Gasteiger partial charge in [-0.05, 0) is 43.3 Å². The van der Waals surface area contributed by atoms with Crippen LogP contribution in [0.3, 0.4) is 0 Å². The molecule has 4 heteroatoms. The molecule has 2 aromatic rings. The molecule has 0 aliphatic rings. The van der Waals surface area contributed by atoms with Crippen molar-refractivity contribution in [3.05, 3.63) is 52.4 Å². The van der Waals surface area contributed by atoms with Crippen LogP contribution >= 0.6 is 11.6 Å². The van der Waals surface area contributed by atoms with E-state index in [2.05, 4.69) is 29.3 Å². The summed E-state index contributed by atoms with van der Waals surface area (Å²) in [6, 6.07) is 10.2. The summed E-state index contributed by atoms with van der Waals surface area (Å²) < 4.78 is 5.60. The number of benzene rings is 1. The van der Waals surface area contributed by atoms with Crippen molar-refractivity contribution in [3.63, 3.8) is 0 Å². The lowest BCUT2D eigenvalue weighted by atomic mass is 10.2. The topological polar surface area (TPSA) is 28.4 Å². The van der Waals surface area contributed by atoms with Crippen molar-refractivity contribution in [1.82, 2.24) is 5.32 Å². The highest BCUT2D eigenvalue weighted by Gasteiger charge is 2.09. The second-order valence-corrected chi connectivity index (χ2v) is 5.34. The van der Waals surface area contributed by atoms with Crippen LogP contribution in [0.2, 0.25) is 5.02 Å². The zero-order valence-corrected chi connectivity index (χ0v) is 13.0. The Morgan fingerprint density at radius 1 is 1.25 bits per heavy atom. The SMILES string of the molecule is CCNCc1ccc(N(C)Cc2ccc(C)o2)c(Cl)c1. The summed E-state index contributed by atoms with van der Waals surface area (Å²) in [4.78, 5) is 2.09. The summed E-state index contributed by atoms with van der Waals surface area (Å²) in [6.07, 6.45) is 0. The highest BCUT2D eigenvalue weighted by Crippen LogP contribution is 2.27. The van der Waals surface area contributed by atoms with E-state index in [1.165, 1.54) is 5.56 Å². The van der Waals surface area contributed by atoms with Gasteiger partial charge in [-0.15, -0.1) is 0 Å². The number of aryl methyl sites for hydroxylation is 1. The predicted molar refractivity (Wildman–Crippen MR) is 84.4 cm³/mol. The van der Waals surface area contributed by atoms with E-state index in [-0.39, 0.29) is 0 Å². The first-order valence-electron chi connectivity index (χ1n) is 6.85. The lowest BCUT2D eigenvalue weighted by molar-refractivity contribution is 0.482. The van der Waals surface area contributed by atoms with Crippen molar-refractivity contribution in [2.24, 2.45) is 0 Å². The Morgan fingerprint density at radius 2 is 2.05 bits per heavy atom. The number of halogens is 1. The van der Waals surface area contributed by atoms with E-state index in [9.17, 15) is 0 Å². The van der Waals surface area contributed by atoms with Gasteiger partial charge in [0, 0.05) is 13.6 Å². The van der Waals surface area contributed by atoms with Crippen molar-refractivity contribution in [3.8, 4) is 0 Å². The van der Waals surface area contributed by atoms with Gasteiger partial charge in [-0.25, -0.2) is 0 Å². The van der Waals surface area contributed by atoms with E-state index < -0.39 is 0 Å². The van der Waals surface area contributed by atoms with E-state index in [1.54, 1.807) is 0 Å². The molecule has 1 aromatic heterocycles. The molecule has 20 heavy (non-hydrogen) atoms. The monoisotopic (exact) mass is 292 g/mol. The molecular weight excluding hydrogens is 272 g/mol. The quantitative estimate of drug-likeness (QED) is 0.873. The largest absolute Gasteiger partial charge is 0.464 e. The lowest BCUT2D eigenvalue weighted by Crippen LogP contribution is -2.17. The van der Waals surface area contributed by atoms with E-state index in [1.807, 2.05) is 32.2 Å². The number of furan rings is 1. The molecule has 0 aliphatic heterocycles. The Hall–Kier alpha value is -1.45. The average Bonchev–Trinajstić information content (AvgIpc) is 2.81. The van der Waals surface area contributed by atoms with Crippen LogP contribution in [0.1, 0.15) is 24.0 Å². The van der Waals surface area contributed by atoms with Gasteiger partial charge in [-0.1, -0.05) is 24.6 Å². The zero-order valence-electron chi connectivity index (χ0n) is 12.2. The first-order chi connectivity index (χ1) is 9.60. The number of rotatable bonds is 6. The van der Waals surface area contributed by atoms with Gasteiger partial charge in [0.15, 0.2) is 0 Å². The van der Waals surface area contributed by atoms with Crippen LogP contribution in [-0.4, -0.2) is 13.6 Å². The fraction of sp³-hybridized carbons (Fsp3) is 0.375. The second-order valence-electron chi connectivity index (χ2n) is 4.93. The van der Waals surface area contributed by atoms with Gasteiger partial charge in [0.25, 0.3) is 0 Å². The van der Waals surface area contributed by atoms with E-state index >= 15 is 0 Å². The molecule has 1 heterocycles. The molecule has 0 spiro atoms. The molecule has 0 bridgehead atoms. The molecule has 0 radical (unpaired) electrons. The molecule has 1 N–H and O–H groups in total. The summed E-state index contributed by atoms with van der Waals surface area (Å²) in [5, 5.41) is 4.07. The Labute approximate surface area is 125 Å². The van der Waals surface area contributed by atoms with Crippen LogP contribution in [0.5, 0.6) is 0 Å². The smallest absolute Gasteiger partial charge is 0.123 e. The maximum absolute atomic E-state index is 6.37. The Kier molecular flexibility index (Phi) is 5.10. The van der Waals surface area contributed by atoms with Crippen LogP contribution in [0, 0.1) is 6.92 Å². The van der Waals surface area contributed by atoms with E-state index in [0.717, 1.165) is 35.3 Å². The van der Waals surface area contributed by atoms with Crippen LogP contribution in [-0.2, 0) is 13.1 Å². The molecule has 0 aliphatic carbocycles. The summed E-state index contributed by atoms with van der Waals surface area (Å²) in [5.41, 5.74) is 2.21. The molecule has 3 nitrogen and oxygen atoms in total. The molecular formula is C16H21ClN2O. The van der Waals surface area contributed by atoms with Gasteiger partial charge in [-0.2, -0.15) is 0 Å². The standard InChI is InChI=1S/C16H21ClN2O/c1-4-18-10-13-6-8-16(15(17)9-13)19(3)11-14-7-5-12(2)20-14/h5-9,18H,4,10-11H2,1-3H3. The van der Waals surface area contributed by atoms with Gasteiger partial charge in [0.05, 0.1) is 17.3 Å². The van der Waals surface area contributed by atoms with Crippen molar-refractivity contribution in [2.45, 2.75) is 26.9 Å². The fourth-order valence-electron chi connectivity index (χ4n) is 2.13. The van der Waals surface area contributed by atoms with Gasteiger partial charge in [0.1, 0.15) is 11.5 Å². The highest BCUT2D eigenvalue weighted by atomic mass is 35.5. The van der Waals surface area contributed by atoms with Crippen molar-refractivity contribution in [2.75, 3.05) is 18.5 Å². The molecule has 108 valence electrons. The third-order valence-electron chi connectivity index (χ3n) is 3.19. The fourth-order valence-corrected chi connectivity index (χ4v) is 2.48.